The van der Waals surface area contributed by atoms with E-state index in [4.69, 9.17) is 4.52 Å². The van der Waals surface area contributed by atoms with Gasteiger partial charge in [0.1, 0.15) is 5.82 Å². The molecular weight excluding hydrogens is 414 g/mol. The second kappa shape index (κ2) is 7.88. The van der Waals surface area contributed by atoms with E-state index in [0.29, 0.717) is 29.4 Å². The van der Waals surface area contributed by atoms with E-state index in [1.165, 1.54) is 25.3 Å². The van der Waals surface area contributed by atoms with Gasteiger partial charge in [-0.2, -0.15) is 0 Å². The summed E-state index contributed by atoms with van der Waals surface area (Å²) >= 11 is 0. The maximum absolute atomic E-state index is 14.4. The van der Waals surface area contributed by atoms with Crippen molar-refractivity contribution >= 4 is 17.4 Å². The lowest BCUT2D eigenvalue weighted by atomic mass is 9.92. The second-order valence-corrected chi connectivity index (χ2v) is 7.56. The Morgan fingerprint density at radius 2 is 1.91 bits per heavy atom. The van der Waals surface area contributed by atoms with E-state index in [0.717, 1.165) is 22.8 Å². The second-order valence-electron chi connectivity index (χ2n) is 7.56. The Bertz CT molecular complexity index is 1320. The molecule has 0 saturated carbocycles. The molecule has 2 aromatic carbocycles. The van der Waals surface area contributed by atoms with Crippen LogP contribution in [0.4, 0.5) is 20.3 Å². The van der Waals surface area contributed by atoms with Gasteiger partial charge in [-0.1, -0.05) is 29.4 Å². The molecule has 0 bridgehead atoms. The van der Waals surface area contributed by atoms with Crippen LogP contribution in [0.25, 0.3) is 22.3 Å². The van der Waals surface area contributed by atoms with Gasteiger partial charge in [-0.25, -0.2) is 13.8 Å². The average Bonchev–Trinajstić information content (AvgIpc) is 3.42. The van der Waals surface area contributed by atoms with Gasteiger partial charge in [0, 0.05) is 47.6 Å². The lowest BCUT2D eigenvalue weighted by Gasteiger charge is -2.11. The van der Waals surface area contributed by atoms with E-state index in [9.17, 15) is 13.6 Å². The molecule has 2 aromatic heterocycles. The maximum Gasteiger partial charge on any atom is 0.221 e. The number of carbonyl (C=O) groups is 1. The van der Waals surface area contributed by atoms with Crippen LogP contribution in [0.3, 0.4) is 0 Å². The number of aromatic nitrogens is 2. The van der Waals surface area contributed by atoms with Crippen LogP contribution in [0.1, 0.15) is 24.2 Å². The van der Waals surface area contributed by atoms with Crippen LogP contribution in [0.15, 0.2) is 65.4 Å². The Morgan fingerprint density at radius 3 is 2.69 bits per heavy atom. The van der Waals surface area contributed by atoms with E-state index < -0.39 is 11.6 Å². The lowest BCUT2D eigenvalue weighted by molar-refractivity contribution is -0.114. The monoisotopic (exact) mass is 432 g/mol. The Balaban J connectivity index is 1.51. The van der Waals surface area contributed by atoms with Gasteiger partial charge < -0.3 is 15.2 Å². The summed E-state index contributed by atoms with van der Waals surface area (Å²) in [5, 5.41) is 9.83. The summed E-state index contributed by atoms with van der Waals surface area (Å²) in [6, 6.07) is 13.5. The summed E-state index contributed by atoms with van der Waals surface area (Å²) < 4.78 is 33.7. The topological polar surface area (TPSA) is 80.1 Å². The first-order valence-electron chi connectivity index (χ1n) is 10.0. The lowest BCUT2D eigenvalue weighted by Crippen LogP contribution is -2.05. The minimum Gasteiger partial charge on any atom is -0.369 e. The predicted octanol–water partition coefficient (Wildman–Crippen LogP) is 5.20. The van der Waals surface area contributed by atoms with Gasteiger partial charge in [0.15, 0.2) is 17.4 Å². The maximum atomic E-state index is 14.4. The van der Waals surface area contributed by atoms with E-state index in [1.54, 1.807) is 6.20 Å². The quantitative estimate of drug-likeness (QED) is 0.464. The zero-order valence-corrected chi connectivity index (χ0v) is 17.0. The summed E-state index contributed by atoms with van der Waals surface area (Å²) in [4.78, 5) is 15.8. The number of pyridine rings is 1. The number of nitrogens with one attached hydrogen (secondary N) is 2. The van der Waals surface area contributed by atoms with Crippen molar-refractivity contribution in [1.82, 2.24) is 10.1 Å². The molecule has 1 amide bonds. The average molecular weight is 432 g/mol. The molecule has 1 atom stereocenters. The van der Waals surface area contributed by atoms with Crippen LogP contribution in [0.2, 0.25) is 0 Å². The van der Waals surface area contributed by atoms with Crippen molar-refractivity contribution in [2.45, 2.75) is 12.8 Å². The molecule has 160 valence electrons. The molecule has 0 radical (unpaired) electrons. The number of rotatable bonds is 4. The zero-order chi connectivity index (χ0) is 22.2. The van der Waals surface area contributed by atoms with Gasteiger partial charge in [-0.3, -0.25) is 4.79 Å². The number of hydrogen-bond donors (Lipinski definition) is 2. The van der Waals surface area contributed by atoms with Crippen molar-refractivity contribution in [3.05, 3.63) is 83.9 Å². The molecule has 0 saturated heterocycles. The fourth-order valence-electron chi connectivity index (χ4n) is 3.96. The van der Waals surface area contributed by atoms with Crippen LogP contribution in [0.5, 0.6) is 0 Å². The van der Waals surface area contributed by atoms with Crippen molar-refractivity contribution in [3.63, 3.8) is 0 Å². The highest BCUT2D eigenvalue weighted by molar-refractivity contribution is 5.89. The Hall–Kier alpha value is -4.07. The molecular formula is C24H18F2N4O2. The summed E-state index contributed by atoms with van der Waals surface area (Å²) in [7, 11) is 0. The first-order chi connectivity index (χ1) is 15.5. The summed E-state index contributed by atoms with van der Waals surface area (Å²) in [5.41, 5.74) is 3.90. The predicted molar refractivity (Wildman–Crippen MR) is 116 cm³/mol. The van der Waals surface area contributed by atoms with E-state index in [-0.39, 0.29) is 17.4 Å². The highest BCUT2D eigenvalue weighted by Gasteiger charge is 2.31. The van der Waals surface area contributed by atoms with Crippen LogP contribution in [-0.4, -0.2) is 22.6 Å². The number of anilines is 2. The number of benzene rings is 2. The van der Waals surface area contributed by atoms with Gasteiger partial charge in [0.05, 0.1) is 12.1 Å². The summed E-state index contributed by atoms with van der Waals surface area (Å²) in [6.45, 7) is 1.95. The van der Waals surface area contributed by atoms with Crippen LogP contribution >= 0.6 is 0 Å². The van der Waals surface area contributed by atoms with E-state index in [1.807, 2.05) is 30.3 Å². The minimum absolute atomic E-state index is 0.104. The number of fused-ring (bicyclic) bond motifs is 1. The summed E-state index contributed by atoms with van der Waals surface area (Å²) in [5.74, 6) is -1.11. The van der Waals surface area contributed by atoms with Crippen LogP contribution in [0, 0.1) is 11.6 Å². The van der Waals surface area contributed by atoms with Crippen molar-refractivity contribution in [2.24, 2.45) is 0 Å². The number of amides is 1. The molecule has 1 aliphatic rings. The third-order valence-corrected chi connectivity index (χ3v) is 5.46. The third kappa shape index (κ3) is 3.49. The standard InChI is InChI=1S/C24H18F2N4O2/c1-13(31)30-16-7-5-14(6-8-16)15-9-18-19(11-28-24(18)27-10-15)23-20(12-29-32-23)17-3-2-4-21(25)22(17)26/h2-10,12,19H,11H2,1H3,(H,27,28)(H,30,31). The zero-order valence-electron chi connectivity index (χ0n) is 17.0. The fraction of sp³-hybridized carbons (Fsp3) is 0.125. The highest BCUT2D eigenvalue weighted by Crippen LogP contribution is 2.41. The van der Waals surface area contributed by atoms with Crippen molar-refractivity contribution in [1.29, 1.82) is 0 Å². The molecule has 32 heavy (non-hydrogen) atoms. The number of nitrogens with zero attached hydrogens (tertiary/aromatic N) is 2. The molecule has 2 N–H and O–H groups in total. The normalized spacial score (nSPS) is 14.7. The molecule has 6 nitrogen and oxygen atoms in total. The SMILES string of the molecule is CC(=O)Nc1ccc(-c2cnc3c(c2)C(c2oncc2-c2cccc(F)c2F)CN3)cc1. The first-order valence-corrected chi connectivity index (χ1v) is 10.0. The van der Waals surface area contributed by atoms with E-state index in [2.05, 4.69) is 20.8 Å². The molecule has 0 spiro atoms. The molecule has 1 unspecified atom stereocenters. The molecule has 8 heteroatoms. The molecule has 5 rings (SSSR count). The third-order valence-electron chi connectivity index (χ3n) is 5.46. The minimum atomic E-state index is -0.936. The molecule has 0 aliphatic carbocycles. The fourth-order valence-corrected chi connectivity index (χ4v) is 3.96. The highest BCUT2D eigenvalue weighted by atomic mass is 19.2. The van der Waals surface area contributed by atoms with Gasteiger partial charge in [0.2, 0.25) is 5.91 Å². The van der Waals surface area contributed by atoms with Gasteiger partial charge >= 0.3 is 0 Å². The van der Waals surface area contributed by atoms with Gasteiger partial charge in [0.25, 0.3) is 0 Å². The number of halogens is 2. The molecule has 1 aliphatic heterocycles. The Morgan fingerprint density at radius 1 is 1.09 bits per heavy atom. The van der Waals surface area contributed by atoms with E-state index >= 15 is 0 Å². The molecule has 0 fully saturated rings. The first kappa shape index (κ1) is 19.9. The number of carbonyl (C=O) groups excluding carboxylic acids is 1. The van der Waals surface area contributed by atoms with Gasteiger partial charge in [-0.15, -0.1) is 0 Å². The smallest absolute Gasteiger partial charge is 0.221 e. The van der Waals surface area contributed by atoms with Crippen molar-refractivity contribution < 1.29 is 18.1 Å². The molecule has 3 heterocycles. The Kier molecular flexibility index (Phi) is 4.89. The Labute approximate surface area is 182 Å². The summed E-state index contributed by atoms with van der Waals surface area (Å²) in [6.07, 6.45) is 3.17. The van der Waals surface area contributed by atoms with Crippen LogP contribution in [-0.2, 0) is 4.79 Å². The number of hydrogen-bond acceptors (Lipinski definition) is 5. The molecule has 4 aromatic rings. The van der Waals surface area contributed by atoms with Gasteiger partial charge in [-0.05, 0) is 29.8 Å². The van der Waals surface area contributed by atoms with Crippen molar-refractivity contribution in [3.8, 4) is 22.3 Å². The largest absolute Gasteiger partial charge is 0.369 e. The van der Waals surface area contributed by atoms with Crippen molar-refractivity contribution in [2.75, 3.05) is 17.2 Å². The van der Waals surface area contributed by atoms with Crippen LogP contribution < -0.4 is 10.6 Å².